The maximum absolute atomic E-state index is 12.8. The summed E-state index contributed by atoms with van der Waals surface area (Å²) < 4.78 is 0. The molecule has 0 bridgehead atoms. The summed E-state index contributed by atoms with van der Waals surface area (Å²) in [6.45, 7) is 2.64. The maximum atomic E-state index is 12.8. The monoisotopic (exact) mass is 390 g/mol. The summed E-state index contributed by atoms with van der Waals surface area (Å²) in [6.07, 6.45) is 0. The van der Waals surface area contributed by atoms with Gasteiger partial charge in [0.2, 0.25) is 0 Å². The van der Waals surface area contributed by atoms with Crippen LogP contribution in [0, 0.1) is 0 Å². The molecule has 2 N–H and O–H groups in total. The van der Waals surface area contributed by atoms with Crippen LogP contribution in [-0.2, 0) is 16.1 Å². The largest absolute Gasteiger partial charge is 0.336 e. The van der Waals surface area contributed by atoms with Gasteiger partial charge < -0.3 is 15.1 Å². The fraction of sp³-hybridized carbons (Fsp3) is 0.250. The zero-order valence-corrected chi connectivity index (χ0v) is 17.2. The molecule has 0 fully saturated rings. The first-order valence-corrected chi connectivity index (χ1v) is 9.84. The Hall–Kier alpha value is -3.18. The van der Waals surface area contributed by atoms with Crippen LogP contribution in [0.1, 0.15) is 12.5 Å². The van der Waals surface area contributed by atoms with Gasteiger partial charge in [-0.3, -0.25) is 9.59 Å². The van der Waals surface area contributed by atoms with Crippen molar-refractivity contribution in [2.45, 2.75) is 19.5 Å². The molecule has 0 aliphatic carbocycles. The molecule has 0 spiro atoms. The van der Waals surface area contributed by atoms with E-state index >= 15 is 0 Å². The van der Waals surface area contributed by atoms with E-state index in [4.69, 9.17) is 0 Å². The molecule has 0 aliphatic rings. The number of carbonyl (C=O) groups is 2. The van der Waals surface area contributed by atoms with Crippen molar-refractivity contribution in [3.8, 4) is 0 Å². The molecule has 1 unspecified atom stereocenters. The molecule has 0 saturated carbocycles. The number of anilines is 1. The summed E-state index contributed by atoms with van der Waals surface area (Å²) in [4.78, 5) is 27.9. The van der Waals surface area contributed by atoms with Gasteiger partial charge in [0, 0.05) is 24.7 Å². The van der Waals surface area contributed by atoms with Crippen molar-refractivity contribution in [1.82, 2.24) is 4.90 Å². The number of nitrogens with zero attached hydrogens (tertiary/aromatic N) is 1. The van der Waals surface area contributed by atoms with Crippen LogP contribution < -0.4 is 10.2 Å². The van der Waals surface area contributed by atoms with Crippen molar-refractivity contribution in [2.24, 2.45) is 0 Å². The standard InChI is InChI=1S/C24H27N3O2/c1-18(24(29)27(3)16-19-10-5-4-6-11-19)26(2)17-23(28)25-22-15-9-13-20-12-7-8-14-21(20)22/h4-15,18H,16-17H2,1-3H3,(H,25,28)/p+1/t18-/m1/s1. The lowest BCUT2D eigenvalue weighted by molar-refractivity contribution is -0.886. The molecule has 0 aromatic heterocycles. The topological polar surface area (TPSA) is 53.9 Å². The van der Waals surface area contributed by atoms with Crippen molar-refractivity contribution >= 4 is 28.3 Å². The van der Waals surface area contributed by atoms with E-state index < -0.39 is 0 Å². The number of hydrogen-bond acceptors (Lipinski definition) is 2. The molecule has 2 atom stereocenters. The van der Waals surface area contributed by atoms with Crippen LogP contribution >= 0.6 is 0 Å². The number of quaternary nitrogens is 1. The molecule has 0 heterocycles. The minimum Gasteiger partial charge on any atom is -0.336 e. The SMILES string of the molecule is C[C@H](C(=O)N(C)Cc1ccccc1)[NH+](C)CC(=O)Nc1cccc2ccccc12. The number of amides is 2. The van der Waals surface area contributed by atoms with Gasteiger partial charge >= 0.3 is 0 Å². The zero-order valence-electron chi connectivity index (χ0n) is 17.2. The van der Waals surface area contributed by atoms with Gasteiger partial charge in [-0.2, -0.15) is 0 Å². The lowest BCUT2D eigenvalue weighted by Crippen LogP contribution is -3.15. The summed E-state index contributed by atoms with van der Waals surface area (Å²) in [5.41, 5.74) is 1.88. The van der Waals surface area contributed by atoms with E-state index in [1.165, 1.54) is 0 Å². The Balaban J connectivity index is 1.59. The van der Waals surface area contributed by atoms with Crippen molar-refractivity contribution < 1.29 is 14.5 Å². The first-order valence-electron chi connectivity index (χ1n) is 9.84. The van der Waals surface area contributed by atoms with E-state index in [9.17, 15) is 9.59 Å². The lowest BCUT2D eigenvalue weighted by atomic mass is 10.1. The third kappa shape index (κ3) is 5.21. The molecule has 3 rings (SSSR count). The quantitative estimate of drug-likeness (QED) is 0.651. The van der Waals surface area contributed by atoms with Gasteiger partial charge in [0.05, 0.1) is 7.05 Å². The molecule has 3 aromatic rings. The number of benzene rings is 3. The highest BCUT2D eigenvalue weighted by Gasteiger charge is 2.26. The zero-order chi connectivity index (χ0) is 20.8. The Morgan fingerprint density at radius 3 is 2.38 bits per heavy atom. The first-order chi connectivity index (χ1) is 14.0. The van der Waals surface area contributed by atoms with Gasteiger partial charge in [-0.1, -0.05) is 66.7 Å². The van der Waals surface area contributed by atoms with Crippen LogP contribution in [0.3, 0.4) is 0 Å². The van der Waals surface area contributed by atoms with Crippen LogP contribution in [0.25, 0.3) is 10.8 Å². The molecule has 0 aliphatic heterocycles. The Labute approximate surface area is 171 Å². The maximum Gasteiger partial charge on any atom is 0.280 e. The van der Waals surface area contributed by atoms with Gasteiger partial charge in [0.1, 0.15) is 0 Å². The predicted octanol–water partition coefficient (Wildman–Crippen LogP) is 2.34. The van der Waals surface area contributed by atoms with E-state index in [1.807, 2.05) is 86.8 Å². The third-order valence-electron chi connectivity index (χ3n) is 5.25. The minimum atomic E-state index is -0.318. The van der Waals surface area contributed by atoms with Crippen LogP contribution in [0.5, 0.6) is 0 Å². The van der Waals surface area contributed by atoms with Gasteiger partial charge in [-0.05, 0) is 23.9 Å². The molecular weight excluding hydrogens is 362 g/mol. The van der Waals surface area contributed by atoms with Gasteiger partial charge in [0.25, 0.3) is 11.8 Å². The van der Waals surface area contributed by atoms with Crippen molar-refractivity contribution in [1.29, 1.82) is 0 Å². The van der Waals surface area contributed by atoms with E-state index in [1.54, 1.807) is 11.9 Å². The number of rotatable bonds is 7. The molecule has 3 aromatic carbocycles. The van der Waals surface area contributed by atoms with Crippen LogP contribution in [0.4, 0.5) is 5.69 Å². The third-order valence-corrected chi connectivity index (χ3v) is 5.25. The van der Waals surface area contributed by atoms with Crippen molar-refractivity contribution in [2.75, 3.05) is 26.0 Å². The smallest absolute Gasteiger partial charge is 0.280 e. The molecular formula is C24H28N3O2+. The van der Waals surface area contributed by atoms with Gasteiger partial charge in [-0.25, -0.2) is 0 Å². The number of hydrogen-bond donors (Lipinski definition) is 2. The molecule has 0 saturated heterocycles. The van der Waals surface area contributed by atoms with E-state index in [2.05, 4.69) is 5.32 Å². The number of carbonyl (C=O) groups excluding carboxylic acids is 2. The molecule has 29 heavy (non-hydrogen) atoms. The number of likely N-dealkylation sites (N-methyl/N-ethyl adjacent to an activating group) is 2. The average molecular weight is 391 g/mol. The summed E-state index contributed by atoms with van der Waals surface area (Å²) in [7, 11) is 3.68. The molecule has 0 radical (unpaired) electrons. The van der Waals surface area contributed by atoms with Crippen LogP contribution in [0.15, 0.2) is 72.8 Å². The highest BCUT2D eigenvalue weighted by molar-refractivity contribution is 6.02. The Bertz CT molecular complexity index is 982. The number of fused-ring (bicyclic) bond motifs is 1. The number of nitrogens with one attached hydrogen (secondary N) is 2. The van der Waals surface area contributed by atoms with Gasteiger partial charge in [0.15, 0.2) is 12.6 Å². The highest BCUT2D eigenvalue weighted by atomic mass is 16.2. The van der Waals surface area contributed by atoms with E-state index in [0.29, 0.717) is 6.54 Å². The minimum absolute atomic E-state index is 0.0179. The molecule has 5 heteroatoms. The molecule has 150 valence electrons. The van der Waals surface area contributed by atoms with E-state index in [0.717, 1.165) is 26.9 Å². The Kier molecular flexibility index (Phi) is 6.62. The van der Waals surface area contributed by atoms with Crippen molar-refractivity contribution in [3.63, 3.8) is 0 Å². The van der Waals surface area contributed by atoms with Crippen LogP contribution in [-0.4, -0.2) is 43.4 Å². The molecule has 2 amide bonds. The normalized spacial score (nSPS) is 12.9. The summed E-state index contributed by atoms with van der Waals surface area (Å²) in [5, 5.41) is 5.08. The molecule has 5 nitrogen and oxygen atoms in total. The summed E-state index contributed by atoms with van der Waals surface area (Å²) >= 11 is 0. The van der Waals surface area contributed by atoms with Crippen LogP contribution in [0.2, 0.25) is 0 Å². The lowest BCUT2D eigenvalue weighted by Gasteiger charge is -2.25. The second kappa shape index (κ2) is 9.34. The Morgan fingerprint density at radius 2 is 1.62 bits per heavy atom. The highest BCUT2D eigenvalue weighted by Crippen LogP contribution is 2.22. The second-order valence-electron chi connectivity index (χ2n) is 7.50. The van der Waals surface area contributed by atoms with E-state index in [-0.39, 0.29) is 24.4 Å². The fourth-order valence-corrected chi connectivity index (χ4v) is 3.41. The summed E-state index contributed by atoms with van der Waals surface area (Å²) in [6, 6.07) is 23.4. The first kappa shape index (κ1) is 20.6. The van der Waals surface area contributed by atoms with Gasteiger partial charge in [-0.15, -0.1) is 0 Å². The summed E-state index contributed by atoms with van der Waals surface area (Å²) in [5.74, 6) is -0.0893. The van der Waals surface area contributed by atoms with Crippen molar-refractivity contribution in [3.05, 3.63) is 78.4 Å². The predicted molar refractivity (Wildman–Crippen MR) is 117 cm³/mol. The second-order valence-corrected chi connectivity index (χ2v) is 7.50. The average Bonchev–Trinajstić information content (AvgIpc) is 2.73. The fourth-order valence-electron chi connectivity index (χ4n) is 3.41. The Morgan fingerprint density at radius 1 is 0.966 bits per heavy atom.